The Hall–Kier alpha value is -2.13. The van der Waals surface area contributed by atoms with Gasteiger partial charge in [0.1, 0.15) is 17.4 Å². The number of hydrogen-bond donors (Lipinski definition) is 2. The van der Waals surface area contributed by atoms with Crippen LogP contribution in [0.5, 0.6) is 5.75 Å². The van der Waals surface area contributed by atoms with Crippen molar-refractivity contribution in [3.05, 3.63) is 23.8 Å². The molecule has 0 aliphatic carbocycles. The van der Waals surface area contributed by atoms with Gasteiger partial charge in [-0.3, -0.25) is 4.79 Å². The Bertz CT molecular complexity index is 684. The van der Waals surface area contributed by atoms with Crippen molar-refractivity contribution in [3.8, 4) is 5.75 Å². The number of carboxylic acids is 1. The van der Waals surface area contributed by atoms with E-state index in [4.69, 9.17) is 9.84 Å². The van der Waals surface area contributed by atoms with Crippen molar-refractivity contribution >= 4 is 22.0 Å². The van der Waals surface area contributed by atoms with E-state index in [2.05, 4.69) is 9.46 Å². The summed E-state index contributed by atoms with van der Waals surface area (Å²) in [5.74, 6) is -1.88. The zero-order chi connectivity index (χ0) is 17.6. The Balaban J connectivity index is 3.23. The van der Waals surface area contributed by atoms with Gasteiger partial charge in [-0.15, -0.1) is 0 Å². The van der Waals surface area contributed by atoms with Crippen LogP contribution in [0.4, 0.5) is 0 Å². The van der Waals surface area contributed by atoms with Gasteiger partial charge in [0, 0.05) is 0 Å². The number of methoxy groups -OCH3 is 2. The first-order valence-electron chi connectivity index (χ1n) is 6.78. The Labute approximate surface area is 134 Å². The summed E-state index contributed by atoms with van der Waals surface area (Å²) in [7, 11) is -1.63. The number of carbonyl (C=O) groups excluding carboxylic acids is 1. The predicted molar refractivity (Wildman–Crippen MR) is 81.0 cm³/mol. The minimum atomic E-state index is -4.11. The number of sulfonamides is 1. The normalized spacial score (nSPS) is 12.5. The highest BCUT2D eigenvalue weighted by Gasteiger charge is 2.26. The topological polar surface area (TPSA) is 119 Å². The first kappa shape index (κ1) is 18.9. The van der Waals surface area contributed by atoms with Crippen molar-refractivity contribution in [3.63, 3.8) is 0 Å². The zero-order valence-corrected chi connectivity index (χ0v) is 13.8. The lowest BCUT2D eigenvalue weighted by molar-refractivity contribution is -0.139. The molecule has 0 saturated heterocycles. The molecular formula is C14H19NO7S. The molecule has 0 bridgehead atoms. The van der Waals surface area contributed by atoms with Crippen LogP contribution in [0.25, 0.3) is 0 Å². The molecule has 1 aromatic carbocycles. The van der Waals surface area contributed by atoms with Crippen molar-refractivity contribution < 1.29 is 32.6 Å². The van der Waals surface area contributed by atoms with Crippen LogP contribution in [-0.2, 0) is 19.6 Å². The fourth-order valence-electron chi connectivity index (χ4n) is 1.90. The van der Waals surface area contributed by atoms with Crippen LogP contribution in [0.15, 0.2) is 23.1 Å². The zero-order valence-electron chi connectivity index (χ0n) is 13.0. The van der Waals surface area contributed by atoms with Crippen LogP contribution in [0, 0.1) is 0 Å². The number of benzene rings is 1. The maximum atomic E-state index is 12.3. The highest BCUT2D eigenvalue weighted by molar-refractivity contribution is 7.89. The van der Waals surface area contributed by atoms with E-state index in [1.54, 1.807) is 6.92 Å². The van der Waals surface area contributed by atoms with E-state index >= 15 is 0 Å². The molecule has 2 N–H and O–H groups in total. The molecule has 0 aliphatic rings. The first-order valence-corrected chi connectivity index (χ1v) is 8.26. The second-order valence-electron chi connectivity index (χ2n) is 4.65. The monoisotopic (exact) mass is 345 g/mol. The third-order valence-electron chi connectivity index (χ3n) is 3.06. The van der Waals surface area contributed by atoms with Crippen LogP contribution >= 0.6 is 0 Å². The summed E-state index contributed by atoms with van der Waals surface area (Å²) in [4.78, 5) is 22.5. The molecule has 8 nitrogen and oxygen atoms in total. The lowest BCUT2D eigenvalue weighted by Gasteiger charge is -2.15. The van der Waals surface area contributed by atoms with Crippen molar-refractivity contribution in [1.29, 1.82) is 0 Å². The van der Waals surface area contributed by atoms with Gasteiger partial charge in [0.05, 0.1) is 19.1 Å². The summed E-state index contributed by atoms with van der Waals surface area (Å²) in [5.41, 5.74) is -0.0692. The maximum Gasteiger partial charge on any atom is 0.341 e. The second kappa shape index (κ2) is 7.93. The molecule has 0 radical (unpaired) electrons. The van der Waals surface area contributed by atoms with E-state index in [0.717, 1.165) is 13.2 Å². The van der Waals surface area contributed by atoms with Gasteiger partial charge in [0.15, 0.2) is 0 Å². The van der Waals surface area contributed by atoms with E-state index in [0.29, 0.717) is 6.42 Å². The lowest BCUT2D eigenvalue weighted by Crippen LogP contribution is -2.40. The molecule has 0 heterocycles. The predicted octanol–water partition coefficient (Wildman–Crippen LogP) is 1.01. The van der Waals surface area contributed by atoms with Gasteiger partial charge in [-0.25, -0.2) is 13.2 Å². The lowest BCUT2D eigenvalue weighted by atomic mass is 10.2. The fraction of sp³-hybridized carbons (Fsp3) is 0.429. The Morgan fingerprint density at radius 2 is 1.96 bits per heavy atom. The summed E-state index contributed by atoms with van der Waals surface area (Å²) >= 11 is 0. The smallest absolute Gasteiger partial charge is 0.341 e. The first-order chi connectivity index (χ1) is 10.8. The van der Waals surface area contributed by atoms with E-state index in [1.807, 2.05) is 0 Å². The van der Waals surface area contributed by atoms with Crippen LogP contribution < -0.4 is 9.46 Å². The van der Waals surface area contributed by atoms with Crippen molar-refractivity contribution in [2.24, 2.45) is 0 Å². The molecule has 0 fully saturated rings. The number of nitrogens with one attached hydrogen (secondary N) is 1. The van der Waals surface area contributed by atoms with Crippen molar-refractivity contribution in [2.75, 3.05) is 14.2 Å². The van der Waals surface area contributed by atoms with Crippen molar-refractivity contribution in [2.45, 2.75) is 30.7 Å². The molecule has 1 atom stereocenters. The van der Waals surface area contributed by atoms with E-state index in [1.165, 1.54) is 19.2 Å². The molecule has 0 aromatic heterocycles. The van der Waals surface area contributed by atoms with Gasteiger partial charge >= 0.3 is 11.9 Å². The average Bonchev–Trinajstić information content (AvgIpc) is 2.52. The number of esters is 1. The minimum absolute atomic E-state index is 0.0692. The van der Waals surface area contributed by atoms with Crippen LogP contribution in [0.1, 0.15) is 30.1 Å². The summed E-state index contributed by atoms with van der Waals surface area (Å²) in [6.45, 7) is 1.74. The van der Waals surface area contributed by atoms with E-state index in [9.17, 15) is 18.0 Å². The molecule has 0 spiro atoms. The molecule has 0 amide bonds. The third kappa shape index (κ3) is 4.67. The number of hydrogen-bond acceptors (Lipinski definition) is 6. The van der Waals surface area contributed by atoms with Crippen LogP contribution in [0.2, 0.25) is 0 Å². The highest BCUT2D eigenvalue weighted by Crippen LogP contribution is 2.23. The summed E-state index contributed by atoms with van der Waals surface area (Å²) in [6.07, 6.45) is 0.643. The van der Waals surface area contributed by atoms with Gasteiger partial charge in [0.25, 0.3) is 0 Å². The van der Waals surface area contributed by atoms with Gasteiger partial charge in [-0.2, -0.15) is 4.72 Å². The summed E-state index contributed by atoms with van der Waals surface area (Å²) in [6, 6.07) is 2.36. The largest absolute Gasteiger partial charge is 0.496 e. The molecule has 1 rings (SSSR count). The molecule has 9 heteroatoms. The number of carbonyl (C=O) groups is 2. The maximum absolute atomic E-state index is 12.3. The SMILES string of the molecule is CCCC(NS(=O)(=O)c1ccc(OC)c(C(=O)OC)c1)C(=O)O. The Morgan fingerprint density at radius 3 is 2.43 bits per heavy atom. The molecule has 128 valence electrons. The average molecular weight is 345 g/mol. The van der Waals surface area contributed by atoms with Gasteiger partial charge in [-0.1, -0.05) is 13.3 Å². The van der Waals surface area contributed by atoms with Crippen LogP contribution in [0.3, 0.4) is 0 Å². The minimum Gasteiger partial charge on any atom is -0.496 e. The number of aliphatic carboxylic acids is 1. The van der Waals surface area contributed by atoms with Crippen LogP contribution in [-0.4, -0.2) is 45.7 Å². The Morgan fingerprint density at radius 1 is 1.30 bits per heavy atom. The molecular weight excluding hydrogens is 326 g/mol. The molecule has 0 aliphatic heterocycles. The quantitative estimate of drug-likeness (QED) is 0.675. The molecule has 1 aromatic rings. The van der Waals surface area contributed by atoms with E-state index in [-0.39, 0.29) is 22.6 Å². The Kier molecular flexibility index (Phi) is 6.52. The standard InChI is InChI=1S/C14H19NO7S/c1-4-5-11(13(16)17)15-23(19,20)9-6-7-12(21-2)10(8-9)14(18)22-3/h6-8,11,15H,4-5H2,1-3H3,(H,16,17). The third-order valence-corrected chi connectivity index (χ3v) is 4.53. The molecule has 1 unspecified atom stereocenters. The number of carboxylic acid groups (broad SMARTS) is 1. The second-order valence-corrected chi connectivity index (χ2v) is 6.37. The number of ether oxygens (including phenoxy) is 2. The fourth-order valence-corrected chi connectivity index (χ4v) is 3.15. The van der Waals surface area contributed by atoms with E-state index < -0.39 is 28.0 Å². The molecule has 23 heavy (non-hydrogen) atoms. The number of rotatable bonds is 8. The summed E-state index contributed by atoms with van der Waals surface area (Å²) < 4.78 is 36.3. The highest BCUT2D eigenvalue weighted by atomic mass is 32.2. The van der Waals surface area contributed by atoms with Gasteiger partial charge in [-0.05, 0) is 24.6 Å². The summed E-state index contributed by atoms with van der Waals surface area (Å²) in [5, 5.41) is 9.06. The van der Waals surface area contributed by atoms with Crippen molar-refractivity contribution in [1.82, 2.24) is 4.72 Å². The van der Waals surface area contributed by atoms with Gasteiger partial charge in [0.2, 0.25) is 10.0 Å². The molecule has 0 saturated carbocycles. The van der Waals surface area contributed by atoms with Gasteiger partial charge < -0.3 is 14.6 Å².